The molecule has 1 aliphatic carbocycles. The number of rotatable bonds is 5. The Morgan fingerprint density at radius 2 is 1.86 bits per heavy atom. The van der Waals surface area contributed by atoms with Crippen molar-refractivity contribution in [1.82, 2.24) is 5.32 Å². The molecular weight excluding hydrogens is 268 g/mol. The first kappa shape index (κ1) is 15.4. The first-order valence-electron chi connectivity index (χ1n) is 7.41. The van der Waals surface area contributed by atoms with Gasteiger partial charge in [0.2, 0.25) is 11.8 Å². The molecule has 0 heterocycles. The zero-order chi connectivity index (χ0) is 15.1. The van der Waals surface area contributed by atoms with E-state index in [9.17, 15) is 9.59 Å². The van der Waals surface area contributed by atoms with E-state index in [1.807, 2.05) is 6.07 Å². The number of benzene rings is 1. The summed E-state index contributed by atoms with van der Waals surface area (Å²) in [5.41, 5.74) is 0.579. The van der Waals surface area contributed by atoms with Crippen LogP contribution in [0.2, 0.25) is 0 Å². The van der Waals surface area contributed by atoms with Gasteiger partial charge >= 0.3 is 0 Å². The lowest BCUT2D eigenvalue weighted by Crippen LogP contribution is -2.37. The molecule has 0 aliphatic heterocycles. The quantitative estimate of drug-likeness (QED) is 0.819. The molecule has 1 aliphatic rings. The molecule has 5 nitrogen and oxygen atoms in total. The Kier molecular flexibility index (Phi) is 5.60. The Labute approximate surface area is 125 Å². The Bertz CT molecular complexity index is 496. The molecule has 1 fully saturated rings. The first-order chi connectivity index (χ1) is 10.2. The van der Waals surface area contributed by atoms with E-state index in [-0.39, 0.29) is 24.3 Å². The minimum atomic E-state index is -0.326. The van der Waals surface area contributed by atoms with Gasteiger partial charge in [-0.3, -0.25) is 9.59 Å². The van der Waals surface area contributed by atoms with Crippen LogP contribution >= 0.6 is 0 Å². The molecule has 0 radical (unpaired) electrons. The van der Waals surface area contributed by atoms with Crippen LogP contribution in [0, 0.1) is 0 Å². The van der Waals surface area contributed by atoms with Gasteiger partial charge in [-0.15, -0.1) is 0 Å². The molecule has 5 heteroatoms. The molecule has 1 aromatic carbocycles. The van der Waals surface area contributed by atoms with Crippen LogP contribution in [0.5, 0.6) is 5.75 Å². The average Bonchev–Trinajstić information content (AvgIpc) is 2.48. The second-order valence-electron chi connectivity index (χ2n) is 5.33. The SMILES string of the molecule is COc1ccccc1NC(=O)CC(=O)NC1CCCCC1. The Morgan fingerprint density at radius 3 is 2.57 bits per heavy atom. The highest BCUT2D eigenvalue weighted by atomic mass is 16.5. The number of methoxy groups -OCH3 is 1. The number of nitrogens with one attached hydrogen (secondary N) is 2. The molecule has 0 spiro atoms. The molecular formula is C16H22N2O3. The maximum Gasteiger partial charge on any atom is 0.233 e. The molecule has 0 saturated heterocycles. The standard InChI is InChI=1S/C16H22N2O3/c1-21-14-10-6-5-9-13(14)18-16(20)11-15(19)17-12-7-3-2-4-8-12/h5-6,9-10,12H,2-4,7-8,11H2,1H3,(H,17,19)(H,18,20). The maximum atomic E-state index is 11.9. The Hall–Kier alpha value is -2.04. The van der Waals surface area contributed by atoms with Crippen LogP contribution in [-0.2, 0) is 9.59 Å². The van der Waals surface area contributed by atoms with E-state index < -0.39 is 0 Å². The minimum absolute atomic E-state index is 0.158. The van der Waals surface area contributed by atoms with Gasteiger partial charge in [-0.25, -0.2) is 0 Å². The van der Waals surface area contributed by atoms with Gasteiger partial charge in [0.1, 0.15) is 12.2 Å². The van der Waals surface area contributed by atoms with Crippen molar-refractivity contribution >= 4 is 17.5 Å². The number of anilines is 1. The molecule has 0 aromatic heterocycles. The van der Waals surface area contributed by atoms with Gasteiger partial charge in [0.05, 0.1) is 12.8 Å². The summed E-state index contributed by atoms with van der Waals surface area (Å²) in [5.74, 6) is 0.0423. The molecule has 114 valence electrons. The highest BCUT2D eigenvalue weighted by Crippen LogP contribution is 2.23. The predicted molar refractivity (Wildman–Crippen MR) is 81.3 cm³/mol. The molecule has 0 atom stereocenters. The number of hydrogen-bond acceptors (Lipinski definition) is 3. The summed E-state index contributed by atoms with van der Waals surface area (Å²) >= 11 is 0. The molecule has 1 aromatic rings. The summed E-state index contributed by atoms with van der Waals surface area (Å²) in [4.78, 5) is 23.8. The van der Waals surface area contributed by atoms with E-state index in [1.54, 1.807) is 25.3 Å². The van der Waals surface area contributed by atoms with Crippen molar-refractivity contribution in [3.8, 4) is 5.75 Å². The fourth-order valence-corrected chi connectivity index (χ4v) is 2.61. The molecule has 2 amide bonds. The van der Waals surface area contributed by atoms with Crippen molar-refractivity contribution in [3.63, 3.8) is 0 Å². The van der Waals surface area contributed by atoms with Crippen LogP contribution in [0.25, 0.3) is 0 Å². The smallest absolute Gasteiger partial charge is 0.233 e. The van der Waals surface area contributed by atoms with Gasteiger partial charge < -0.3 is 15.4 Å². The molecule has 2 N–H and O–H groups in total. The molecule has 0 bridgehead atoms. The van der Waals surface area contributed by atoms with Crippen molar-refractivity contribution in [3.05, 3.63) is 24.3 Å². The normalized spacial score (nSPS) is 15.3. The highest BCUT2D eigenvalue weighted by molar-refractivity contribution is 6.04. The zero-order valence-electron chi connectivity index (χ0n) is 12.4. The van der Waals surface area contributed by atoms with E-state index in [4.69, 9.17) is 4.74 Å². The summed E-state index contributed by atoms with van der Waals surface area (Å²) in [5, 5.41) is 5.64. The van der Waals surface area contributed by atoms with Gasteiger partial charge in [-0.1, -0.05) is 31.4 Å². The fraction of sp³-hybridized carbons (Fsp3) is 0.500. The lowest BCUT2D eigenvalue weighted by molar-refractivity contribution is -0.127. The third-order valence-electron chi connectivity index (χ3n) is 3.67. The van der Waals surface area contributed by atoms with E-state index >= 15 is 0 Å². The van der Waals surface area contributed by atoms with Crippen molar-refractivity contribution < 1.29 is 14.3 Å². The minimum Gasteiger partial charge on any atom is -0.495 e. The largest absolute Gasteiger partial charge is 0.495 e. The second-order valence-corrected chi connectivity index (χ2v) is 5.33. The summed E-state index contributed by atoms with van der Waals surface area (Å²) in [6.45, 7) is 0. The van der Waals surface area contributed by atoms with Gasteiger partial charge in [0, 0.05) is 6.04 Å². The van der Waals surface area contributed by atoms with Gasteiger partial charge in [-0.05, 0) is 25.0 Å². The number of carbonyl (C=O) groups excluding carboxylic acids is 2. The van der Waals surface area contributed by atoms with Crippen LogP contribution in [-0.4, -0.2) is 25.0 Å². The number of hydrogen-bond donors (Lipinski definition) is 2. The summed E-state index contributed by atoms with van der Waals surface area (Å²) in [6.07, 6.45) is 5.41. The Balaban J connectivity index is 1.82. The molecule has 0 unspecified atom stereocenters. The van der Waals surface area contributed by atoms with Crippen LogP contribution in [0.15, 0.2) is 24.3 Å². The first-order valence-corrected chi connectivity index (χ1v) is 7.41. The zero-order valence-corrected chi connectivity index (χ0v) is 12.4. The topological polar surface area (TPSA) is 67.4 Å². The van der Waals surface area contributed by atoms with Gasteiger partial charge in [0.15, 0.2) is 0 Å². The van der Waals surface area contributed by atoms with Crippen molar-refractivity contribution in [2.24, 2.45) is 0 Å². The summed E-state index contributed by atoms with van der Waals surface area (Å²) in [7, 11) is 1.54. The summed E-state index contributed by atoms with van der Waals surface area (Å²) in [6, 6.07) is 7.36. The lowest BCUT2D eigenvalue weighted by atomic mass is 9.95. The van der Waals surface area contributed by atoms with E-state index in [1.165, 1.54) is 6.42 Å². The number of ether oxygens (including phenoxy) is 1. The van der Waals surface area contributed by atoms with E-state index in [0.29, 0.717) is 11.4 Å². The fourth-order valence-electron chi connectivity index (χ4n) is 2.61. The van der Waals surface area contributed by atoms with E-state index in [0.717, 1.165) is 25.7 Å². The highest BCUT2D eigenvalue weighted by Gasteiger charge is 2.18. The molecule has 21 heavy (non-hydrogen) atoms. The van der Waals surface area contributed by atoms with Crippen LogP contribution in [0.1, 0.15) is 38.5 Å². The Morgan fingerprint density at radius 1 is 1.14 bits per heavy atom. The number of carbonyl (C=O) groups is 2. The monoisotopic (exact) mass is 290 g/mol. The van der Waals surface area contributed by atoms with Gasteiger partial charge in [0.25, 0.3) is 0 Å². The van der Waals surface area contributed by atoms with Gasteiger partial charge in [-0.2, -0.15) is 0 Å². The maximum absolute atomic E-state index is 11.9. The van der Waals surface area contributed by atoms with Crippen LogP contribution in [0.3, 0.4) is 0 Å². The van der Waals surface area contributed by atoms with Crippen molar-refractivity contribution in [2.45, 2.75) is 44.6 Å². The molecule has 2 rings (SSSR count). The average molecular weight is 290 g/mol. The van der Waals surface area contributed by atoms with Crippen LogP contribution in [0.4, 0.5) is 5.69 Å². The van der Waals surface area contributed by atoms with Crippen molar-refractivity contribution in [2.75, 3.05) is 12.4 Å². The number of para-hydroxylation sites is 2. The third-order valence-corrected chi connectivity index (χ3v) is 3.67. The second kappa shape index (κ2) is 7.67. The molecule has 1 saturated carbocycles. The van der Waals surface area contributed by atoms with Crippen LogP contribution < -0.4 is 15.4 Å². The predicted octanol–water partition coefficient (Wildman–Crippen LogP) is 2.47. The number of amides is 2. The van der Waals surface area contributed by atoms with E-state index in [2.05, 4.69) is 10.6 Å². The van der Waals surface area contributed by atoms with Crippen molar-refractivity contribution in [1.29, 1.82) is 0 Å². The third kappa shape index (κ3) is 4.77. The summed E-state index contributed by atoms with van der Waals surface area (Å²) < 4.78 is 5.16. The lowest BCUT2D eigenvalue weighted by Gasteiger charge is -2.22.